The summed E-state index contributed by atoms with van der Waals surface area (Å²) in [5.74, 6) is 0. The maximum atomic E-state index is 12.3. The summed E-state index contributed by atoms with van der Waals surface area (Å²) < 4.78 is 7.92. The highest BCUT2D eigenvalue weighted by molar-refractivity contribution is 6.15. The molecule has 2 heterocycles. The fourth-order valence-electron chi connectivity index (χ4n) is 3.76. The van der Waals surface area contributed by atoms with Crippen LogP contribution in [0, 0.1) is 0 Å². The van der Waals surface area contributed by atoms with E-state index in [1.54, 1.807) is 0 Å². The van der Waals surface area contributed by atoms with E-state index in [9.17, 15) is 4.79 Å². The van der Waals surface area contributed by atoms with E-state index in [4.69, 9.17) is 4.42 Å². The zero-order valence-corrected chi connectivity index (χ0v) is 13.2. The Morgan fingerprint density at radius 1 is 0.792 bits per heavy atom. The van der Waals surface area contributed by atoms with Crippen molar-refractivity contribution in [2.45, 2.75) is 13.5 Å². The van der Waals surface area contributed by atoms with Crippen LogP contribution in [0.1, 0.15) is 6.92 Å². The molecule has 0 spiro atoms. The highest BCUT2D eigenvalue weighted by Crippen LogP contribution is 2.34. The standard InChI is InChI=1S/C21H15NO2/c1-2-22-18-10-6-5-8-14(18)16-12-20-17(11-19(16)22)13-7-3-4-9-15(13)21(23)24-20/h3-12H,2H2,1H3. The summed E-state index contributed by atoms with van der Waals surface area (Å²) >= 11 is 0. The molecule has 3 nitrogen and oxygen atoms in total. The molecule has 0 saturated heterocycles. The first-order valence-corrected chi connectivity index (χ1v) is 8.14. The molecular formula is C21H15NO2. The first kappa shape index (κ1) is 13.4. The molecule has 0 aliphatic heterocycles. The minimum atomic E-state index is -0.281. The molecule has 2 aromatic heterocycles. The van der Waals surface area contributed by atoms with Crippen LogP contribution in [0.4, 0.5) is 0 Å². The minimum absolute atomic E-state index is 0.281. The fraction of sp³-hybridized carbons (Fsp3) is 0.0952. The van der Waals surface area contributed by atoms with Crippen LogP contribution in [0.3, 0.4) is 0 Å². The molecule has 5 aromatic rings. The third kappa shape index (κ3) is 1.64. The van der Waals surface area contributed by atoms with Gasteiger partial charge >= 0.3 is 5.63 Å². The van der Waals surface area contributed by atoms with E-state index in [1.165, 1.54) is 16.4 Å². The van der Waals surface area contributed by atoms with Crippen LogP contribution in [0.15, 0.2) is 69.9 Å². The Kier molecular flexibility index (Phi) is 2.63. The number of benzene rings is 3. The molecule has 0 amide bonds. The molecule has 0 radical (unpaired) electrons. The third-order valence-electron chi connectivity index (χ3n) is 4.83. The second-order valence-corrected chi connectivity index (χ2v) is 6.06. The van der Waals surface area contributed by atoms with E-state index >= 15 is 0 Å². The minimum Gasteiger partial charge on any atom is -0.422 e. The molecule has 3 heteroatoms. The van der Waals surface area contributed by atoms with Crippen LogP contribution in [0.5, 0.6) is 0 Å². The number of hydrogen-bond acceptors (Lipinski definition) is 2. The van der Waals surface area contributed by atoms with E-state index in [2.05, 4.69) is 35.8 Å². The van der Waals surface area contributed by atoms with Gasteiger partial charge < -0.3 is 8.98 Å². The summed E-state index contributed by atoms with van der Waals surface area (Å²) in [6, 6.07) is 20.1. The van der Waals surface area contributed by atoms with E-state index in [0.29, 0.717) is 11.0 Å². The second-order valence-electron chi connectivity index (χ2n) is 6.06. The number of rotatable bonds is 1. The summed E-state index contributed by atoms with van der Waals surface area (Å²) in [7, 11) is 0. The Morgan fingerprint density at radius 2 is 1.50 bits per heavy atom. The molecule has 0 bridgehead atoms. The Morgan fingerprint density at radius 3 is 2.29 bits per heavy atom. The van der Waals surface area contributed by atoms with Crippen molar-refractivity contribution in [3.63, 3.8) is 0 Å². The maximum Gasteiger partial charge on any atom is 0.344 e. The van der Waals surface area contributed by atoms with Gasteiger partial charge in [0.1, 0.15) is 5.58 Å². The summed E-state index contributed by atoms with van der Waals surface area (Å²) in [6.45, 7) is 3.05. The molecule has 0 aliphatic carbocycles. The molecule has 3 aromatic carbocycles. The summed E-state index contributed by atoms with van der Waals surface area (Å²) in [4.78, 5) is 12.3. The highest BCUT2D eigenvalue weighted by atomic mass is 16.4. The maximum absolute atomic E-state index is 12.3. The van der Waals surface area contributed by atoms with Gasteiger partial charge in [-0.1, -0.05) is 36.4 Å². The van der Waals surface area contributed by atoms with Crippen molar-refractivity contribution in [3.05, 3.63) is 71.1 Å². The van der Waals surface area contributed by atoms with Crippen molar-refractivity contribution in [3.8, 4) is 0 Å². The lowest BCUT2D eigenvalue weighted by Crippen LogP contribution is -1.99. The quantitative estimate of drug-likeness (QED) is 0.320. The lowest BCUT2D eigenvalue weighted by molar-refractivity contribution is 0.570. The molecule has 116 valence electrons. The number of hydrogen-bond donors (Lipinski definition) is 0. The van der Waals surface area contributed by atoms with Crippen LogP contribution in [-0.4, -0.2) is 4.57 Å². The Hall–Kier alpha value is -3.07. The van der Waals surface area contributed by atoms with Crippen molar-refractivity contribution in [2.24, 2.45) is 0 Å². The molecule has 0 atom stereocenters. The van der Waals surface area contributed by atoms with Gasteiger partial charge in [0.15, 0.2) is 0 Å². The van der Waals surface area contributed by atoms with Crippen LogP contribution in [-0.2, 0) is 6.54 Å². The highest BCUT2D eigenvalue weighted by Gasteiger charge is 2.13. The van der Waals surface area contributed by atoms with Crippen molar-refractivity contribution < 1.29 is 4.42 Å². The second kappa shape index (κ2) is 4.71. The first-order valence-electron chi connectivity index (χ1n) is 8.14. The van der Waals surface area contributed by atoms with Crippen LogP contribution in [0.2, 0.25) is 0 Å². The topological polar surface area (TPSA) is 35.1 Å². The van der Waals surface area contributed by atoms with E-state index in [1.807, 2.05) is 36.4 Å². The molecule has 0 unspecified atom stereocenters. The summed E-state index contributed by atoms with van der Waals surface area (Å²) in [5, 5.41) is 4.86. The van der Waals surface area contributed by atoms with Gasteiger partial charge in [-0.25, -0.2) is 4.79 Å². The van der Waals surface area contributed by atoms with E-state index < -0.39 is 0 Å². The largest absolute Gasteiger partial charge is 0.422 e. The molecular weight excluding hydrogens is 298 g/mol. The van der Waals surface area contributed by atoms with Gasteiger partial charge in [0.25, 0.3) is 0 Å². The summed E-state index contributed by atoms with van der Waals surface area (Å²) in [6.07, 6.45) is 0. The number of fused-ring (bicyclic) bond motifs is 6. The molecule has 5 rings (SSSR count). The lowest BCUT2D eigenvalue weighted by atomic mass is 10.1. The van der Waals surface area contributed by atoms with Crippen molar-refractivity contribution >= 4 is 43.5 Å². The van der Waals surface area contributed by atoms with Crippen LogP contribution in [0.25, 0.3) is 43.5 Å². The molecule has 0 saturated carbocycles. The summed E-state index contributed by atoms with van der Waals surface area (Å²) in [5.41, 5.74) is 2.74. The van der Waals surface area contributed by atoms with Gasteiger partial charge in [-0.3, -0.25) is 0 Å². The number of para-hydroxylation sites is 1. The molecule has 24 heavy (non-hydrogen) atoms. The molecule has 0 fully saturated rings. The first-order chi connectivity index (χ1) is 11.8. The zero-order chi connectivity index (χ0) is 16.3. The van der Waals surface area contributed by atoms with Crippen LogP contribution >= 0.6 is 0 Å². The molecule has 0 N–H and O–H groups in total. The molecule has 0 aliphatic rings. The zero-order valence-electron chi connectivity index (χ0n) is 13.2. The average molecular weight is 313 g/mol. The van der Waals surface area contributed by atoms with Gasteiger partial charge in [0.05, 0.1) is 5.39 Å². The van der Waals surface area contributed by atoms with Gasteiger partial charge in [-0.15, -0.1) is 0 Å². The number of aromatic nitrogens is 1. The third-order valence-corrected chi connectivity index (χ3v) is 4.83. The number of nitrogens with zero attached hydrogens (tertiary/aromatic N) is 1. The predicted molar refractivity (Wildman–Crippen MR) is 98.7 cm³/mol. The Balaban J connectivity index is 2.09. The van der Waals surface area contributed by atoms with Crippen LogP contribution < -0.4 is 5.63 Å². The predicted octanol–water partition coefficient (Wildman–Crippen LogP) is 5.07. The van der Waals surface area contributed by atoms with Gasteiger partial charge in [-0.2, -0.15) is 0 Å². The normalized spacial score (nSPS) is 11.9. The van der Waals surface area contributed by atoms with Crippen molar-refractivity contribution in [1.29, 1.82) is 0 Å². The fourth-order valence-corrected chi connectivity index (χ4v) is 3.76. The Bertz CT molecular complexity index is 1310. The van der Waals surface area contributed by atoms with Crippen molar-refractivity contribution in [1.82, 2.24) is 4.57 Å². The monoisotopic (exact) mass is 313 g/mol. The van der Waals surface area contributed by atoms with Gasteiger partial charge in [0.2, 0.25) is 0 Å². The SMILES string of the molecule is CCn1c2ccccc2c2cc3oc(=O)c4ccccc4c3cc21. The van der Waals surface area contributed by atoms with Gasteiger partial charge in [0, 0.05) is 33.7 Å². The van der Waals surface area contributed by atoms with Crippen molar-refractivity contribution in [2.75, 3.05) is 0 Å². The van der Waals surface area contributed by atoms with E-state index in [-0.39, 0.29) is 5.63 Å². The average Bonchev–Trinajstić information content (AvgIpc) is 2.93. The Labute approximate surface area is 137 Å². The lowest BCUT2D eigenvalue weighted by Gasteiger charge is -2.05. The van der Waals surface area contributed by atoms with E-state index in [0.717, 1.165) is 22.7 Å². The van der Waals surface area contributed by atoms with Gasteiger partial charge in [-0.05, 0) is 36.6 Å². The number of aryl methyl sites for hydroxylation is 1. The smallest absolute Gasteiger partial charge is 0.344 e.